The molecule has 106 valence electrons. The first-order valence-electron chi connectivity index (χ1n) is 6.16. The molecule has 0 bridgehead atoms. The normalized spacial score (nSPS) is 19.6. The first-order chi connectivity index (χ1) is 8.44. The molecule has 1 atom stereocenters. The molecule has 7 heteroatoms. The van der Waals surface area contributed by atoms with Crippen molar-refractivity contribution < 1.29 is 23.1 Å². The summed E-state index contributed by atoms with van der Waals surface area (Å²) in [4.78, 5) is 10.9. The van der Waals surface area contributed by atoms with Crippen molar-refractivity contribution in [1.29, 1.82) is 0 Å². The van der Waals surface area contributed by atoms with Crippen LogP contribution >= 0.6 is 0 Å². The van der Waals surface area contributed by atoms with E-state index in [4.69, 9.17) is 9.84 Å². The van der Waals surface area contributed by atoms with Crippen molar-refractivity contribution in [2.75, 3.05) is 19.5 Å². The number of hydrogen-bond donors (Lipinski definition) is 2. The maximum Gasteiger partial charge on any atom is 0.324 e. The van der Waals surface area contributed by atoms with Gasteiger partial charge < -0.3 is 9.84 Å². The van der Waals surface area contributed by atoms with Gasteiger partial charge in [-0.25, -0.2) is 8.42 Å². The molecule has 18 heavy (non-hydrogen) atoms. The van der Waals surface area contributed by atoms with Crippen LogP contribution in [0.3, 0.4) is 0 Å². The quantitative estimate of drug-likeness (QED) is 0.711. The lowest BCUT2D eigenvalue weighted by Crippen LogP contribution is -2.45. The zero-order chi connectivity index (χ0) is 13.6. The van der Waals surface area contributed by atoms with E-state index in [-0.39, 0.29) is 18.3 Å². The van der Waals surface area contributed by atoms with Crippen LogP contribution in [0, 0.1) is 5.92 Å². The Kier molecular flexibility index (Phi) is 6.04. The first kappa shape index (κ1) is 15.4. The highest BCUT2D eigenvalue weighted by molar-refractivity contribution is 7.89. The largest absolute Gasteiger partial charge is 0.480 e. The third kappa shape index (κ3) is 5.32. The molecule has 0 spiro atoms. The van der Waals surface area contributed by atoms with Gasteiger partial charge in [-0.1, -0.05) is 19.3 Å². The highest BCUT2D eigenvalue weighted by Crippen LogP contribution is 2.24. The smallest absolute Gasteiger partial charge is 0.324 e. The topological polar surface area (TPSA) is 92.7 Å². The number of aliphatic carboxylic acids is 1. The number of carboxylic acid groups (broad SMARTS) is 1. The second-order valence-corrected chi connectivity index (χ2v) is 6.55. The van der Waals surface area contributed by atoms with E-state index in [0.717, 1.165) is 32.1 Å². The number of methoxy groups -OCH3 is 1. The van der Waals surface area contributed by atoms with Crippen LogP contribution in [0.25, 0.3) is 0 Å². The molecule has 2 N–H and O–H groups in total. The second-order valence-electron chi connectivity index (χ2n) is 4.75. The molecule has 0 amide bonds. The van der Waals surface area contributed by atoms with Gasteiger partial charge in [0.25, 0.3) is 0 Å². The molecule has 0 heterocycles. The molecule has 1 aliphatic rings. The number of nitrogens with one attached hydrogen (secondary N) is 1. The Labute approximate surface area is 108 Å². The summed E-state index contributed by atoms with van der Waals surface area (Å²) in [6, 6.07) is -1.21. The Balaban J connectivity index is 2.53. The van der Waals surface area contributed by atoms with E-state index in [9.17, 15) is 13.2 Å². The van der Waals surface area contributed by atoms with Crippen LogP contribution < -0.4 is 4.72 Å². The van der Waals surface area contributed by atoms with Crippen molar-refractivity contribution in [2.24, 2.45) is 5.92 Å². The van der Waals surface area contributed by atoms with Gasteiger partial charge in [-0.2, -0.15) is 4.72 Å². The fraction of sp³-hybridized carbons (Fsp3) is 0.909. The summed E-state index contributed by atoms with van der Waals surface area (Å²) >= 11 is 0. The summed E-state index contributed by atoms with van der Waals surface area (Å²) in [5, 5.41) is 8.87. The summed E-state index contributed by atoms with van der Waals surface area (Å²) in [5.41, 5.74) is 0. The average molecular weight is 279 g/mol. The van der Waals surface area contributed by atoms with Crippen LogP contribution in [0.2, 0.25) is 0 Å². The maximum absolute atomic E-state index is 11.9. The predicted molar refractivity (Wildman–Crippen MR) is 66.8 cm³/mol. The Morgan fingerprint density at radius 3 is 2.50 bits per heavy atom. The predicted octanol–water partition coefficient (Wildman–Crippen LogP) is 0.586. The molecule has 1 fully saturated rings. The van der Waals surface area contributed by atoms with Gasteiger partial charge in [-0.3, -0.25) is 4.79 Å². The molecule has 0 aromatic rings. The van der Waals surface area contributed by atoms with Crippen molar-refractivity contribution in [1.82, 2.24) is 4.72 Å². The van der Waals surface area contributed by atoms with E-state index in [1.165, 1.54) is 7.11 Å². The molecule has 0 saturated heterocycles. The number of hydrogen-bond acceptors (Lipinski definition) is 4. The third-order valence-electron chi connectivity index (χ3n) is 3.13. The van der Waals surface area contributed by atoms with E-state index in [2.05, 4.69) is 4.72 Å². The van der Waals surface area contributed by atoms with Crippen LogP contribution in [0.15, 0.2) is 0 Å². The molecule has 6 nitrogen and oxygen atoms in total. The van der Waals surface area contributed by atoms with Crippen molar-refractivity contribution >= 4 is 16.0 Å². The third-order valence-corrected chi connectivity index (χ3v) is 4.69. The standard InChI is InChI=1S/C11H21NO5S/c1-17-7-10(11(13)14)12-18(15,16)8-9-5-3-2-4-6-9/h9-10,12H,2-8H2,1H3,(H,13,14). The summed E-state index contributed by atoms with van der Waals surface area (Å²) in [6.45, 7) is -0.167. The molecule has 0 aromatic heterocycles. The van der Waals surface area contributed by atoms with Gasteiger partial charge in [0.1, 0.15) is 6.04 Å². The van der Waals surface area contributed by atoms with Crippen molar-refractivity contribution in [3.8, 4) is 0 Å². The van der Waals surface area contributed by atoms with Gasteiger partial charge in [-0.15, -0.1) is 0 Å². The van der Waals surface area contributed by atoms with Gasteiger partial charge >= 0.3 is 5.97 Å². The fourth-order valence-corrected chi connectivity index (χ4v) is 3.90. The van der Waals surface area contributed by atoms with Crippen molar-refractivity contribution in [3.63, 3.8) is 0 Å². The van der Waals surface area contributed by atoms with Gasteiger partial charge in [0, 0.05) is 7.11 Å². The van der Waals surface area contributed by atoms with Gasteiger partial charge in [-0.05, 0) is 18.8 Å². The molecule has 0 aliphatic heterocycles. The second kappa shape index (κ2) is 7.06. The zero-order valence-corrected chi connectivity index (χ0v) is 11.4. The van der Waals surface area contributed by atoms with E-state index in [0.29, 0.717) is 0 Å². The van der Waals surface area contributed by atoms with Crippen LogP contribution in [0.4, 0.5) is 0 Å². The fourth-order valence-electron chi connectivity index (χ4n) is 2.25. The number of carboxylic acids is 1. The summed E-state index contributed by atoms with van der Waals surface area (Å²) in [6.07, 6.45) is 5.08. The maximum atomic E-state index is 11.9. The minimum Gasteiger partial charge on any atom is -0.480 e. The van der Waals surface area contributed by atoms with E-state index >= 15 is 0 Å². The van der Waals surface area contributed by atoms with Gasteiger partial charge in [0.2, 0.25) is 10.0 Å². The van der Waals surface area contributed by atoms with E-state index in [1.807, 2.05) is 0 Å². The summed E-state index contributed by atoms with van der Waals surface area (Å²) in [5.74, 6) is -1.06. The highest BCUT2D eigenvalue weighted by Gasteiger charge is 2.27. The van der Waals surface area contributed by atoms with Gasteiger partial charge in [0.05, 0.1) is 12.4 Å². The lowest BCUT2D eigenvalue weighted by atomic mass is 9.91. The highest BCUT2D eigenvalue weighted by atomic mass is 32.2. The van der Waals surface area contributed by atoms with Crippen LogP contribution in [-0.4, -0.2) is 45.0 Å². The molecule has 0 aromatic carbocycles. The minimum atomic E-state index is -3.56. The number of rotatable bonds is 7. The number of ether oxygens (including phenoxy) is 1. The number of carbonyl (C=O) groups is 1. The summed E-state index contributed by atoms with van der Waals surface area (Å²) in [7, 11) is -2.22. The Morgan fingerprint density at radius 1 is 1.39 bits per heavy atom. The molecule has 0 radical (unpaired) electrons. The molecule has 1 aliphatic carbocycles. The van der Waals surface area contributed by atoms with Crippen molar-refractivity contribution in [3.05, 3.63) is 0 Å². The average Bonchev–Trinajstić information content (AvgIpc) is 2.28. The monoisotopic (exact) mass is 279 g/mol. The van der Waals surface area contributed by atoms with Crippen LogP contribution in [0.1, 0.15) is 32.1 Å². The van der Waals surface area contributed by atoms with Gasteiger partial charge in [0.15, 0.2) is 0 Å². The number of sulfonamides is 1. The van der Waals surface area contributed by atoms with Crippen LogP contribution in [-0.2, 0) is 19.6 Å². The minimum absolute atomic E-state index is 0.0144. The van der Waals surface area contributed by atoms with Crippen molar-refractivity contribution in [2.45, 2.75) is 38.1 Å². The van der Waals surface area contributed by atoms with E-state index < -0.39 is 22.0 Å². The molecule has 1 saturated carbocycles. The molecule has 1 rings (SSSR count). The van der Waals surface area contributed by atoms with E-state index in [1.54, 1.807) is 0 Å². The Morgan fingerprint density at radius 2 is 2.00 bits per heavy atom. The first-order valence-corrected chi connectivity index (χ1v) is 7.81. The lowest BCUT2D eigenvalue weighted by Gasteiger charge is -2.22. The zero-order valence-electron chi connectivity index (χ0n) is 10.6. The molecule has 1 unspecified atom stereocenters. The van der Waals surface area contributed by atoms with Crippen LogP contribution in [0.5, 0.6) is 0 Å². The Bertz CT molecular complexity index is 362. The summed E-state index contributed by atoms with van der Waals surface area (Å²) < 4.78 is 30.6. The lowest BCUT2D eigenvalue weighted by molar-refractivity contribution is -0.140. The molecular formula is C11H21NO5S. The SMILES string of the molecule is COCC(NS(=O)(=O)CC1CCCCC1)C(=O)O. The Hall–Kier alpha value is -0.660. The molecular weight excluding hydrogens is 258 g/mol.